The van der Waals surface area contributed by atoms with Gasteiger partial charge in [-0.2, -0.15) is 0 Å². The number of aliphatic hydroxyl groups is 9. The van der Waals surface area contributed by atoms with E-state index in [1.807, 2.05) is 0 Å². The Morgan fingerprint density at radius 2 is 0.681 bits per heavy atom. The summed E-state index contributed by atoms with van der Waals surface area (Å²) in [5, 5.41) is 102. The summed E-state index contributed by atoms with van der Waals surface area (Å²) >= 11 is 0. The van der Waals surface area contributed by atoms with Gasteiger partial charge >= 0.3 is 31.7 Å². The smallest absolute Gasteiger partial charge is 0.463 e. The third kappa shape index (κ3) is 50.8. The van der Waals surface area contributed by atoms with Gasteiger partial charge in [-0.25, -0.2) is 4.57 Å². The fourth-order valence-electron chi connectivity index (χ4n) is 15.9. The largest absolute Gasteiger partial charge is 0.472 e. The van der Waals surface area contributed by atoms with Gasteiger partial charge < -0.3 is 88.7 Å². The standard InChI is InChI=1S/C93H171O25P/c1-7-11-15-19-23-25-27-29-30-32-34-36-38-50-58-66-79(98)115-88-84(103)85(104)89(116-92-86(105)82(101)80(99)74(67-94)113-92)91(90(88)117-93-87(106)83(102)81(100)75(114-93)70-110-77(96)64-56-48-42-40-46-54-62-72(6)60-52-44-22-18-14-10-4)118-119(107,108)111-69-73(112-78(97)65-57-49-37-35-33-31-28-26-24-20-16-12-8-2)68-109-76(95)63-55-47-41-39-45-53-61-71(5)59-51-43-21-17-13-9-3/h25,27,31,33,71-75,80-94,99-106H,7-24,26,28-30,32,34-70H2,1-6H3,(H,107,108)/b27-25-,33-31-. The van der Waals surface area contributed by atoms with Crippen molar-refractivity contribution in [2.45, 2.75) is 505 Å². The van der Waals surface area contributed by atoms with Crippen LogP contribution >= 0.6 is 7.82 Å². The highest BCUT2D eigenvalue weighted by atomic mass is 31.2. The first kappa shape index (κ1) is 110. The fourth-order valence-corrected chi connectivity index (χ4v) is 16.9. The fraction of sp³-hybridized carbons (Fsp3) is 0.914. The van der Waals surface area contributed by atoms with Crippen LogP contribution in [0.15, 0.2) is 24.3 Å². The van der Waals surface area contributed by atoms with Crippen molar-refractivity contribution < 1.29 is 122 Å². The van der Waals surface area contributed by atoms with E-state index in [1.165, 1.54) is 161 Å². The Kier molecular flexibility index (Phi) is 64.8. The van der Waals surface area contributed by atoms with E-state index >= 15 is 0 Å². The number of hydrogen-bond donors (Lipinski definition) is 10. The van der Waals surface area contributed by atoms with Crippen LogP contribution in [0.25, 0.3) is 0 Å². The molecule has 3 rings (SSSR count). The van der Waals surface area contributed by atoms with Gasteiger partial charge in [0.25, 0.3) is 0 Å². The molecule has 3 fully saturated rings. The molecule has 0 bridgehead atoms. The number of carbonyl (C=O) groups excluding carboxylic acids is 4. The van der Waals surface area contributed by atoms with Crippen LogP contribution < -0.4 is 0 Å². The molecule has 20 unspecified atom stereocenters. The van der Waals surface area contributed by atoms with Crippen LogP contribution in [0.4, 0.5) is 0 Å². The SMILES string of the molecule is CCCCCC/C=C\CCCCCCCCCC(=O)OC1C(O)C(O)C(OC2OC(CO)C(O)C(O)C2O)C(OP(=O)(O)OCC(COC(=O)CCCCCCCCC(C)CCCCCCCC)OC(=O)CCCCC/C=C\CCCCCCCC)C1OC1OC(COC(=O)CCCCCCCCC(C)CCCCCCCC)C(O)C(O)C1O. The molecule has 119 heavy (non-hydrogen) atoms. The van der Waals surface area contributed by atoms with Crippen molar-refractivity contribution in [1.82, 2.24) is 0 Å². The Hall–Kier alpha value is -3.05. The minimum atomic E-state index is -5.82. The number of carbonyl (C=O) groups is 4. The maximum Gasteiger partial charge on any atom is 0.472 e. The van der Waals surface area contributed by atoms with Gasteiger partial charge in [-0.1, -0.05) is 323 Å². The van der Waals surface area contributed by atoms with Crippen LogP contribution in [0, 0.1) is 11.8 Å². The van der Waals surface area contributed by atoms with Crippen molar-refractivity contribution in [3.63, 3.8) is 0 Å². The Bertz CT molecular complexity index is 2600. The highest BCUT2D eigenvalue weighted by molar-refractivity contribution is 7.47. The van der Waals surface area contributed by atoms with Gasteiger partial charge in [-0.05, 0) is 88.9 Å². The number of aliphatic hydroxyl groups excluding tert-OH is 9. The molecule has 2 aliphatic heterocycles. The van der Waals surface area contributed by atoms with E-state index in [9.17, 15) is 74.6 Å². The van der Waals surface area contributed by atoms with Crippen LogP contribution in [-0.4, -0.2) is 205 Å². The number of phosphoric ester groups is 1. The number of unbranched alkanes of at least 4 members (excludes halogenated alkanes) is 40. The van der Waals surface area contributed by atoms with Crippen molar-refractivity contribution >= 4 is 31.7 Å². The second-order valence-electron chi connectivity index (χ2n) is 34.8. The topological polar surface area (TPSA) is 380 Å². The summed E-state index contributed by atoms with van der Waals surface area (Å²) in [4.78, 5) is 66.6. The van der Waals surface area contributed by atoms with Crippen molar-refractivity contribution in [3.8, 4) is 0 Å². The molecule has 1 saturated carbocycles. The quantitative estimate of drug-likeness (QED) is 0.00889. The maximum atomic E-state index is 14.9. The summed E-state index contributed by atoms with van der Waals surface area (Å²) in [6.07, 6.45) is 27.5. The van der Waals surface area contributed by atoms with Crippen LogP contribution in [-0.2, 0) is 70.7 Å². The zero-order chi connectivity index (χ0) is 87.1. The number of esters is 4. The molecule has 3 aliphatic rings. The highest BCUT2D eigenvalue weighted by Crippen LogP contribution is 2.49. The summed E-state index contributed by atoms with van der Waals surface area (Å²) in [5.41, 5.74) is 0. The lowest BCUT2D eigenvalue weighted by atomic mass is 9.84. The summed E-state index contributed by atoms with van der Waals surface area (Å²) in [6, 6.07) is 0. The number of hydrogen-bond acceptors (Lipinski definition) is 24. The van der Waals surface area contributed by atoms with Crippen molar-refractivity contribution in [2.24, 2.45) is 11.8 Å². The molecule has 25 nitrogen and oxygen atoms in total. The lowest BCUT2D eigenvalue weighted by molar-refractivity contribution is -0.360. The summed E-state index contributed by atoms with van der Waals surface area (Å²) in [5.74, 6) is -1.62. The van der Waals surface area contributed by atoms with Crippen molar-refractivity contribution in [3.05, 3.63) is 24.3 Å². The van der Waals surface area contributed by atoms with Crippen LogP contribution in [0.2, 0.25) is 0 Å². The maximum absolute atomic E-state index is 14.9. The first-order valence-corrected chi connectivity index (χ1v) is 49.3. The number of rotatable bonds is 76. The van der Waals surface area contributed by atoms with Crippen LogP contribution in [0.3, 0.4) is 0 Å². The van der Waals surface area contributed by atoms with Gasteiger partial charge in [0.2, 0.25) is 0 Å². The van der Waals surface area contributed by atoms with E-state index in [-0.39, 0.29) is 25.7 Å². The minimum Gasteiger partial charge on any atom is -0.463 e. The normalized spacial score (nSPS) is 25.4. The van der Waals surface area contributed by atoms with Gasteiger partial charge in [0.15, 0.2) is 24.8 Å². The van der Waals surface area contributed by atoms with E-state index in [4.69, 9.17) is 46.9 Å². The number of phosphoric acid groups is 1. The Balaban J connectivity index is 1.93. The number of allylic oxidation sites excluding steroid dienone is 4. The average molecular weight is 1720 g/mol. The second-order valence-corrected chi connectivity index (χ2v) is 36.2. The molecule has 0 aromatic rings. The number of ether oxygens (including phenoxy) is 8. The molecule has 26 heteroatoms. The zero-order valence-electron chi connectivity index (χ0n) is 74.7. The highest BCUT2D eigenvalue weighted by Gasteiger charge is 2.60. The predicted molar refractivity (Wildman–Crippen MR) is 462 cm³/mol. The molecule has 1 aliphatic carbocycles. The van der Waals surface area contributed by atoms with Crippen LogP contribution in [0.5, 0.6) is 0 Å². The first-order valence-electron chi connectivity index (χ1n) is 47.9. The van der Waals surface area contributed by atoms with E-state index in [0.717, 1.165) is 135 Å². The first-order chi connectivity index (χ1) is 57.5. The molecule has 0 amide bonds. The molecule has 10 N–H and O–H groups in total. The monoisotopic (exact) mass is 1720 g/mol. The molecule has 2 saturated heterocycles. The van der Waals surface area contributed by atoms with E-state index < -0.39 is 162 Å². The van der Waals surface area contributed by atoms with Gasteiger partial charge in [0.05, 0.1) is 13.2 Å². The summed E-state index contributed by atoms with van der Waals surface area (Å²) < 4.78 is 73.5. The van der Waals surface area contributed by atoms with Gasteiger partial charge in [-0.3, -0.25) is 28.2 Å². The summed E-state index contributed by atoms with van der Waals surface area (Å²) in [6.45, 7) is 10.2. The Morgan fingerprint density at radius 3 is 1.10 bits per heavy atom. The average Bonchev–Trinajstić information content (AvgIpc) is 0.753. The molecular formula is C93H171O25P. The molecule has 2 heterocycles. The molecule has 698 valence electrons. The predicted octanol–water partition coefficient (Wildman–Crippen LogP) is 17.8. The van der Waals surface area contributed by atoms with E-state index in [2.05, 4.69) is 65.8 Å². The third-order valence-corrected chi connectivity index (χ3v) is 24.7. The van der Waals surface area contributed by atoms with Gasteiger partial charge in [0.1, 0.15) is 92.6 Å². The van der Waals surface area contributed by atoms with Crippen molar-refractivity contribution in [1.29, 1.82) is 0 Å². The Labute approximate surface area is 717 Å². The van der Waals surface area contributed by atoms with E-state index in [0.29, 0.717) is 50.4 Å². The Morgan fingerprint density at radius 1 is 0.353 bits per heavy atom. The van der Waals surface area contributed by atoms with Crippen molar-refractivity contribution in [2.75, 3.05) is 26.4 Å². The molecular weight excluding hydrogens is 1550 g/mol. The third-order valence-electron chi connectivity index (χ3n) is 23.7. The summed E-state index contributed by atoms with van der Waals surface area (Å²) in [7, 11) is -5.82. The molecule has 0 aromatic carbocycles. The molecule has 0 radical (unpaired) electrons. The van der Waals surface area contributed by atoms with Crippen LogP contribution in [0.1, 0.15) is 401 Å². The van der Waals surface area contributed by atoms with Gasteiger partial charge in [0, 0.05) is 25.7 Å². The zero-order valence-corrected chi connectivity index (χ0v) is 75.6. The van der Waals surface area contributed by atoms with Gasteiger partial charge in [-0.15, -0.1) is 0 Å². The lowest BCUT2D eigenvalue weighted by Gasteiger charge is -2.50. The second kappa shape index (κ2) is 70.1. The molecule has 20 atom stereocenters. The lowest BCUT2D eigenvalue weighted by Crippen LogP contribution is -2.70. The van der Waals surface area contributed by atoms with E-state index in [1.54, 1.807) is 0 Å². The minimum absolute atomic E-state index is 0.0132. The molecule has 0 aromatic heterocycles. The molecule has 0 spiro atoms.